The Bertz CT molecular complexity index is 279. The Morgan fingerprint density at radius 3 is 2.31 bits per heavy atom. The fourth-order valence-electron chi connectivity index (χ4n) is 1.59. The van der Waals surface area contributed by atoms with E-state index in [1.54, 1.807) is 0 Å². The van der Waals surface area contributed by atoms with Gasteiger partial charge < -0.3 is 0 Å². The van der Waals surface area contributed by atoms with Gasteiger partial charge in [-0.3, -0.25) is 0 Å². The Labute approximate surface area is 81.2 Å². The van der Waals surface area contributed by atoms with Gasteiger partial charge in [-0.1, -0.05) is 0 Å². The van der Waals surface area contributed by atoms with Gasteiger partial charge in [0.05, 0.1) is 0 Å². The van der Waals surface area contributed by atoms with Crippen LogP contribution in [0.1, 0.15) is 19.4 Å². The molecule has 0 amide bonds. The van der Waals surface area contributed by atoms with Gasteiger partial charge >= 0.3 is 80.6 Å². The first-order valence-electron chi connectivity index (χ1n) is 4.92. The minimum absolute atomic E-state index is 0.910. The predicted octanol–water partition coefficient (Wildman–Crippen LogP) is 2.32. The van der Waals surface area contributed by atoms with Crippen molar-refractivity contribution in [1.82, 2.24) is 0 Å². The molecule has 1 aromatic rings. The molecule has 74 valence electrons. The number of benzene rings is 1. The zero-order valence-corrected chi connectivity index (χ0v) is 9.67. The van der Waals surface area contributed by atoms with Crippen LogP contribution in [0.5, 0.6) is 0 Å². The molecule has 0 spiro atoms. The Hall–Kier alpha value is -0.390. The van der Waals surface area contributed by atoms with Crippen LogP contribution in [0.2, 0.25) is 0 Å². The van der Waals surface area contributed by atoms with E-state index in [2.05, 4.69) is 39.0 Å². The normalized spacial score (nSPS) is 12.9. The van der Waals surface area contributed by atoms with Crippen LogP contribution < -0.4 is 5.30 Å². The van der Waals surface area contributed by atoms with Crippen molar-refractivity contribution in [1.29, 1.82) is 0 Å². The standard InChI is InChI=1S/C11H19OP/c1-4-13(12,5-2)11-8-6-7-10(3)9-11/h6-9,12-13H,4-5H2,1-3H3. The maximum absolute atomic E-state index is 10.4. The first kappa shape index (κ1) is 10.7. The van der Waals surface area contributed by atoms with E-state index in [1.165, 1.54) is 10.9 Å². The molecule has 0 heterocycles. The van der Waals surface area contributed by atoms with Crippen molar-refractivity contribution in [2.75, 3.05) is 12.3 Å². The summed E-state index contributed by atoms with van der Waals surface area (Å²) in [5.41, 5.74) is 1.24. The van der Waals surface area contributed by atoms with Crippen LogP contribution in [0, 0.1) is 6.92 Å². The molecule has 0 radical (unpaired) electrons. The van der Waals surface area contributed by atoms with E-state index in [0.717, 1.165) is 12.3 Å². The van der Waals surface area contributed by atoms with Crippen molar-refractivity contribution in [3.8, 4) is 0 Å². The zero-order chi connectivity index (χ0) is 9.90. The number of hydrogen-bond acceptors (Lipinski definition) is 1. The summed E-state index contributed by atoms with van der Waals surface area (Å²) in [7, 11) is -2.10. The molecule has 13 heavy (non-hydrogen) atoms. The minimum atomic E-state index is -2.10. The second-order valence-corrected chi connectivity index (χ2v) is 7.66. The van der Waals surface area contributed by atoms with Gasteiger partial charge in [-0.05, 0) is 0 Å². The van der Waals surface area contributed by atoms with Crippen LogP contribution in [0.15, 0.2) is 24.3 Å². The molecule has 2 heteroatoms. The van der Waals surface area contributed by atoms with Gasteiger partial charge in [0.2, 0.25) is 0 Å². The molecular formula is C11H19OP. The van der Waals surface area contributed by atoms with Gasteiger partial charge in [0, 0.05) is 0 Å². The second-order valence-electron chi connectivity index (χ2n) is 3.61. The average molecular weight is 198 g/mol. The monoisotopic (exact) mass is 198 g/mol. The third-order valence-electron chi connectivity index (χ3n) is 2.73. The fourth-order valence-corrected chi connectivity index (χ4v) is 3.81. The van der Waals surface area contributed by atoms with Crippen LogP contribution in [0.3, 0.4) is 0 Å². The van der Waals surface area contributed by atoms with Crippen molar-refractivity contribution < 1.29 is 4.89 Å². The summed E-state index contributed by atoms with van der Waals surface area (Å²) < 4.78 is 0. The van der Waals surface area contributed by atoms with E-state index >= 15 is 0 Å². The van der Waals surface area contributed by atoms with Crippen LogP contribution in [-0.4, -0.2) is 17.2 Å². The quantitative estimate of drug-likeness (QED) is 0.739. The predicted molar refractivity (Wildman–Crippen MR) is 62.4 cm³/mol. The van der Waals surface area contributed by atoms with E-state index in [1.807, 2.05) is 6.07 Å². The van der Waals surface area contributed by atoms with E-state index in [9.17, 15) is 4.89 Å². The molecule has 0 aliphatic carbocycles. The topological polar surface area (TPSA) is 20.2 Å². The fraction of sp³-hybridized carbons (Fsp3) is 0.455. The Kier molecular flexibility index (Phi) is 3.47. The molecule has 0 unspecified atom stereocenters. The van der Waals surface area contributed by atoms with E-state index in [-0.39, 0.29) is 0 Å². The Morgan fingerprint density at radius 1 is 1.23 bits per heavy atom. The first-order chi connectivity index (χ1) is 6.12. The van der Waals surface area contributed by atoms with E-state index in [4.69, 9.17) is 0 Å². The van der Waals surface area contributed by atoms with Crippen LogP contribution in [0.4, 0.5) is 0 Å². The molecule has 0 fully saturated rings. The molecule has 0 aliphatic rings. The maximum atomic E-state index is 10.4. The van der Waals surface area contributed by atoms with Crippen LogP contribution >= 0.6 is 7.49 Å². The van der Waals surface area contributed by atoms with Crippen molar-refractivity contribution in [3.63, 3.8) is 0 Å². The number of hydrogen-bond donors (Lipinski definition) is 1. The van der Waals surface area contributed by atoms with Crippen molar-refractivity contribution in [3.05, 3.63) is 29.8 Å². The molecule has 0 aliphatic heterocycles. The van der Waals surface area contributed by atoms with Gasteiger partial charge in [-0.2, -0.15) is 0 Å². The SMILES string of the molecule is CC[PH](O)(CC)c1cccc(C)c1. The summed E-state index contributed by atoms with van der Waals surface area (Å²) in [5.74, 6) is 0. The first-order valence-corrected chi connectivity index (χ1v) is 7.28. The molecule has 0 aromatic heterocycles. The molecule has 0 saturated heterocycles. The number of rotatable bonds is 3. The van der Waals surface area contributed by atoms with Gasteiger partial charge in [0.1, 0.15) is 0 Å². The Balaban J connectivity index is 3.05. The van der Waals surface area contributed by atoms with Crippen molar-refractivity contribution in [2.45, 2.75) is 20.8 Å². The van der Waals surface area contributed by atoms with Crippen molar-refractivity contribution >= 4 is 12.8 Å². The molecular weight excluding hydrogens is 179 g/mol. The molecule has 1 nitrogen and oxygen atoms in total. The average Bonchev–Trinajstić information content (AvgIpc) is 2.17. The van der Waals surface area contributed by atoms with Crippen LogP contribution in [-0.2, 0) is 0 Å². The van der Waals surface area contributed by atoms with E-state index in [0.29, 0.717) is 0 Å². The summed E-state index contributed by atoms with van der Waals surface area (Å²) in [6.45, 7) is 6.24. The molecule has 0 bridgehead atoms. The zero-order valence-electron chi connectivity index (χ0n) is 8.67. The third-order valence-corrected chi connectivity index (χ3v) is 6.45. The summed E-state index contributed by atoms with van der Waals surface area (Å²) in [4.78, 5) is 10.4. The van der Waals surface area contributed by atoms with E-state index < -0.39 is 7.49 Å². The molecule has 1 rings (SSSR count). The summed E-state index contributed by atoms with van der Waals surface area (Å²) in [5, 5.41) is 1.18. The van der Waals surface area contributed by atoms with Gasteiger partial charge in [0.25, 0.3) is 0 Å². The molecule has 0 saturated carbocycles. The summed E-state index contributed by atoms with van der Waals surface area (Å²) >= 11 is 0. The van der Waals surface area contributed by atoms with Crippen molar-refractivity contribution in [2.24, 2.45) is 0 Å². The Morgan fingerprint density at radius 2 is 1.85 bits per heavy atom. The molecule has 0 atom stereocenters. The number of aryl methyl sites for hydroxylation is 1. The summed E-state index contributed by atoms with van der Waals surface area (Å²) in [6, 6.07) is 8.29. The molecule has 1 aromatic carbocycles. The third kappa shape index (κ3) is 2.30. The van der Waals surface area contributed by atoms with Crippen LogP contribution in [0.25, 0.3) is 0 Å². The van der Waals surface area contributed by atoms with Gasteiger partial charge in [-0.25, -0.2) is 0 Å². The van der Waals surface area contributed by atoms with Gasteiger partial charge in [-0.15, -0.1) is 0 Å². The second kappa shape index (κ2) is 4.21. The summed E-state index contributed by atoms with van der Waals surface area (Å²) in [6.07, 6.45) is 1.82. The van der Waals surface area contributed by atoms with Gasteiger partial charge in [0.15, 0.2) is 0 Å². The molecule has 1 N–H and O–H groups in total.